The minimum atomic E-state index is -0.307. The van der Waals surface area contributed by atoms with Gasteiger partial charge in [-0.2, -0.15) is 0 Å². The van der Waals surface area contributed by atoms with Gasteiger partial charge in [0.2, 0.25) is 11.8 Å². The Morgan fingerprint density at radius 3 is 2.31 bits per heavy atom. The third-order valence-electron chi connectivity index (χ3n) is 5.23. The summed E-state index contributed by atoms with van der Waals surface area (Å²) in [6.07, 6.45) is 0. The number of carbonyl (C=O) groups excluding carboxylic acids is 2. The lowest BCUT2D eigenvalue weighted by Gasteiger charge is -2.13. The number of hydrogen-bond donors (Lipinski definition) is 2. The van der Waals surface area contributed by atoms with E-state index < -0.39 is 0 Å². The number of para-hydroxylation sites is 2. The van der Waals surface area contributed by atoms with Crippen LogP contribution in [-0.2, 0) is 4.79 Å². The van der Waals surface area contributed by atoms with Gasteiger partial charge < -0.3 is 15.1 Å². The number of benzene rings is 3. The number of thioether (sulfide) groups is 1. The Morgan fingerprint density at radius 2 is 1.60 bits per heavy atom. The van der Waals surface area contributed by atoms with Crippen LogP contribution in [0.25, 0.3) is 22.6 Å². The fourth-order valence-electron chi connectivity index (χ4n) is 3.41. The van der Waals surface area contributed by atoms with Gasteiger partial charge in [-0.25, -0.2) is 4.98 Å². The minimum Gasteiger partial charge on any atom is -0.436 e. The topological polar surface area (TPSA) is 84.2 Å². The highest BCUT2D eigenvalue weighted by atomic mass is 32.2. The molecule has 0 saturated heterocycles. The summed E-state index contributed by atoms with van der Waals surface area (Å²) < 4.78 is 5.80. The molecule has 2 heterocycles. The van der Waals surface area contributed by atoms with Crippen LogP contribution in [0.2, 0.25) is 0 Å². The Morgan fingerprint density at radius 1 is 0.886 bits per heavy atom. The van der Waals surface area contributed by atoms with Crippen molar-refractivity contribution in [2.24, 2.45) is 0 Å². The molecule has 2 N–H and O–H groups in total. The second-order valence-electron chi connectivity index (χ2n) is 7.77. The predicted molar refractivity (Wildman–Crippen MR) is 142 cm³/mol. The summed E-state index contributed by atoms with van der Waals surface area (Å²) in [6.45, 7) is 1.86. The van der Waals surface area contributed by atoms with Crippen LogP contribution >= 0.6 is 23.1 Å². The first-order chi connectivity index (χ1) is 17.0. The molecule has 0 aliphatic carbocycles. The van der Waals surface area contributed by atoms with Gasteiger partial charge in [0, 0.05) is 21.8 Å². The highest BCUT2D eigenvalue weighted by Gasteiger charge is 2.15. The van der Waals surface area contributed by atoms with E-state index >= 15 is 0 Å². The number of carbonyl (C=O) groups is 2. The molecular weight excluding hydrogens is 478 g/mol. The number of hydrogen-bond acceptors (Lipinski definition) is 6. The number of nitrogens with zero attached hydrogens (tertiary/aromatic N) is 1. The zero-order valence-corrected chi connectivity index (χ0v) is 20.4. The van der Waals surface area contributed by atoms with E-state index in [4.69, 9.17) is 4.42 Å². The highest BCUT2D eigenvalue weighted by molar-refractivity contribution is 8.00. The highest BCUT2D eigenvalue weighted by Crippen LogP contribution is 2.28. The quantitative estimate of drug-likeness (QED) is 0.237. The van der Waals surface area contributed by atoms with Gasteiger partial charge in [0.15, 0.2) is 5.58 Å². The van der Waals surface area contributed by atoms with Gasteiger partial charge in [-0.3, -0.25) is 9.59 Å². The largest absolute Gasteiger partial charge is 0.436 e. The van der Waals surface area contributed by atoms with E-state index in [-0.39, 0.29) is 17.1 Å². The van der Waals surface area contributed by atoms with Crippen LogP contribution in [0, 0.1) is 0 Å². The molecule has 5 rings (SSSR count). The van der Waals surface area contributed by atoms with Gasteiger partial charge in [-0.15, -0.1) is 23.1 Å². The molecule has 0 spiro atoms. The van der Waals surface area contributed by atoms with Crippen molar-refractivity contribution in [1.82, 2.24) is 4.98 Å². The summed E-state index contributed by atoms with van der Waals surface area (Å²) >= 11 is 2.85. The molecule has 2 amide bonds. The Balaban J connectivity index is 1.16. The number of oxazole rings is 1. The molecule has 6 nitrogen and oxygen atoms in total. The standard InChI is InChI=1S/C27H21N3O3S2/c1-17(35-21-14-12-20(13-15-21)29-26(32)24-7-4-16-34-24)25(31)28-19-10-8-18(9-11-19)27-30-22-5-2-3-6-23(22)33-27/h2-17H,1H3,(H,28,31)(H,29,32). The summed E-state index contributed by atoms with van der Waals surface area (Å²) in [5.41, 5.74) is 3.80. The maximum atomic E-state index is 12.7. The molecular formula is C27H21N3O3S2. The van der Waals surface area contributed by atoms with Gasteiger partial charge in [-0.05, 0) is 79.0 Å². The van der Waals surface area contributed by atoms with Crippen molar-refractivity contribution in [1.29, 1.82) is 0 Å². The van der Waals surface area contributed by atoms with Gasteiger partial charge in [0.1, 0.15) is 5.52 Å². The van der Waals surface area contributed by atoms with E-state index in [0.29, 0.717) is 22.1 Å². The fourth-order valence-corrected chi connectivity index (χ4v) is 4.90. The Labute approximate surface area is 210 Å². The molecule has 3 aromatic carbocycles. The van der Waals surface area contributed by atoms with E-state index in [1.807, 2.05) is 91.2 Å². The molecule has 0 aliphatic rings. The summed E-state index contributed by atoms with van der Waals surface area (Å²) in [5, 5.41) is 7.39. The second kappa shape index (κ2) is 10.2. The van der Waals surface area contributed by atoms with Crippen molar-refractivity contribution in [3.8, 4) is 11.5 Å². The van der Waals surface area contributed by atoms with Crippen LogP contribution in [0.3, 0.4) is 0 Å². The van der Waals surface area contributed by atoms with Crippen molar-refractivity contribution >= 4 is 57.4 Å². The maximum Gasteiger partial charge on any atom is 0.265 e. The molecule has 0 aliphatic heterocycles. The number of amides is 2. The Kier molecular flexibility index (Phi) is 6.65. The van der Waals surface area contributed by atoms with E-state index in [1.54, 1.807) is 6.07 Å². The van der Waals surface area contributed by atoms with Crippen LogP contribution in [0.15, 0.2) is 99.6 Å². The van der Waals surface area contributed by atoms with Crippen molar-refractivity contribution in [3.05, 3.63) is 95.2 Å². The third-order valence-corrected chi connectivity index (χ3v) is 7.21. The van der Waals surface area contributed by atoms with E-state index in [9.17, 15) is 9.59 Å². The zero-order valence-electron chi connectivity index (χ0n) is 18.7. The summed E-state index contributed by atoms with van der Waals surface area (Å²) in [5.74, 6) is 0.318. The molecule has 1 atom stereocenters. The molecule has 5 aromatic rings. The number of nitrogens with one attached hydrogen (secondary N) is 2. The first kappa shape index (κ1) is 22.9. The van der Waals surface area contributed by atoms with Gasteiger partial charge >= 0.3 is 0 Å². The van der Waals surface area contributed by atoms with Gasteiger partial charge in [-0.1, -0.05) is 18.2 Å². The third kappa shape index (κ3) is 5.45. The molecule has 35 heavy (non-hydrogen) atoms. The van der Waals surface area contributed by atoms with Crippen LogP contribution in [0.4, 0.5) is 11.4 Å². The number of aromatic nitrogens is 1. The number of fused-ring (bicyclic) bond motifs is 1. The maximum absolute atomic E-state index is 12.7. The van der Waals surface area contributed by atoms with Crippen molar-refractivity contribution in [2.45, 2.75) is 17.1 Å². The molecule has 1 unspecified atom stereocenters. The molecule has 0 fully saturated rings. The van der Waals surface area contributed by atoms with E-state index in [1.165, 1.54) is 23.1 Å². The van der Waals surface area contributed by atoms with Crippen LogP contribution < -0.4 is 10.6 Å². The number of rotatable bonds is 7. The predicted octanol–water partition coefficient (Wildman–Crippen LogP) is 6.93. The van der Waals surface area contributed by atoms with Crippen molar-refractivity contribution in [3.63, 3.8) is 0 Å². The molecule has 0 bridgehead atoms. The van der Waals surface area contributed by atoms with E-state index in [0.717, 1.165) is 21.6 Å². The first-order valence-corrected chi connectivity index (χ1v) is 12.7. The minimum absolute atomic E-state index is 0.0975. The van der Waals surface area contributed by atoms with Crippen LogP contribution in [-0.4, -0.2) is 22.0 Å². The number of thiophene rings is 1. The van der Waals surface area contributed by atoms with Crippen LogP contribution in [0.5, 0.6) is 0 Å². The Bertz CT molecular complexity index is 1430. The lowest BCUT2D eigenvalue weighted by atomic mass is 10.2. The van der Waals surface area contributed by atoms with E-state index in [2.05, 4.69) is 15.6 Å². The molecule has 0 radical (unpaired) electrons. The summed E-state index contributed by atoms with van der Waals surface area (Å²) in [7, 11) is 0. The lowest BCUT2D eigenvalue weighted by Crippen LogP contribution is -2.22. The molecule has 0 saturated carbocycles. The monoisotopic (exact) mass is 499 g/mol. The smallest absolute Gasteiger partial charge is 0.265 e. The van der Waals surface area contributed by atoms with Crippen molar-refractivity contribution < 1.29 is 14.0 Å². The average molecular weight is 500 g/mol. The average Bonchev–Trinajstić information content (AvgIpc) is 3.56. The fraction of sp³-hybridized carbons (Fsp3) is 0.0741. The summed E-state index contributed by atoms with van der Waals surface area (Å²) in [4.78, 5) is 31.0. The van der Waals surface area contributed by atoms with Crippen LogP contribution in [0.1, 0.15) is 16.6 Å². The molecule has 8 heteroatoms. The summed E-state index contributed by atoms with van der Waals surface area (Å²) in [6, 6.07) is 26.1. The molecule has 2 aromatic heterocycles. The normalized spacial score (nSPS) is 11.8. The Hall–Kier alpha value is -3.88. The molecule has 174 valence electrons. The van der Waals surface area contributed by atoms with Gasteiger partial charge in [0.05, 0.1) is 10.1 Å². The number of anilines is 2. The first-order valence-electron chi connectivity index (χ1n) is 10.9. The SMILES string of the molecule is CC(Sc1ccc(NC(=O)c2cccs2)cc1)C(=O)Nc1ccc(-c2nc3ccccc3o2)cc1. The lowest BCUT2D eigenvalue weighted by molar-refractivity contribution is -0.115. The zero-order chi connectivity index (χ0) is 24.2. The van der Waals surface area contributed by atoms with Crippen molar-refractivity contribution in [2.75, 3.05) is 10.6 Å². The van der Waals surface area contributed by atoms with Gasteiger partial charge in [0.25, 0.3) is 5.91 Å². The second-order valence-corrected chi connectivity index (χ2v) is 10.1.